The lowest BCUT2D eigenvalue weighted by Gasteiger charge is -2.35. The Bertz CT molecular complexity index is 1170. The quantitative estimate of drug-likeness (QED) is 0.635. The van der Waals surface area contributed by atoms with Crippen LogP contribution in [0.4, 0.5) is 5.69 Å². The number of anilines is 1. The monoisotopic (exact) mass is 532 g/mol. The van der Waals surface area contributed by atoms with Crippen LogP contribution in [0.5, 0.6) is 0 Å². The van der Waals surface area contributed by atoms with Gasteiger partial charge in [0.15, 0.2) is 0 Å². The highest BCUT2D eigenvalue weighted by atomic mass is 16.2. The molecule has 2 atom stereocenters. The van der Waals surface area contributed by atoms with Crippen molar-refractivity contribution >= 4 is 23.4 Å². The Morgan fingerprint density at radius 1 is 0.923 bits per heavy atom. The highest BCUT2D eigenvalue weighted by Crippen LogP contribution is 2.32. The number of carbonyl (C=O) groups is 3. The van der Waals surface area contributed by atoms with Gasteiger partial charge in [-0.3, -0.25) is 29.2 Å². The van der Waals surface area contributed by atoms with Gasteiger partial charge in [0.2, 0.25) is 17.7 Å². The van der Waals surface area contributed by atoms with Crippen molar-refractivity contribution in [2.24, 2.45) is 11.7 Å². The van der Waals surface area contributed by atoms with E-state index >= 15 is 0 Å². The van der Waals surface area contributed by atoms with Gasteiger partial charge in [-0.1, -0.05) is 24.3 Å². The number of fused-ring (bicyclic) bond motifs is 3. The molecule has 9 heteroatoms. The van der Waals surface area contributed by atoms with E-state index in [1.807, 2.05) is 52.4 Å². The number of primary amides is 1. The van der Waals surface area contributed by atoms with Gasteiger partial charge in [0.1, 0.15) is 0 Å². The first-order chi connectivity index (χ1) is 18.9. The standard InChI is InChI=1S/C30H40N6O3/c1-22(37)35-17-13-26-9-10-27(36(26)19-25-7-4-5-14-32-25)20-34(18-24-6-2-3-8-28(24)35)29(38)21-33-15-11-23(12-16-33)30(31)39/h2-8,14,23,26-27H,9-13,15-21H2,1H3,(H2,31,39)/t26-,27+/m0/s1. The average Bonchev–Trinajstić information content (AvgIpc) is 3.29. The number of pyridine rings is 1. The molecule has 2 saturated heterocycles. The van der Waals surface area contributed by atoms with Crippen molar-refractivity contribution < 1.29 is 14.4 Å². The van der Waals surface area contributed by atoms with E-state index in [9.17, 15) is 14.4 Å². The second-order valence-corrected chi connectivity index (χ2v) is 11.2. The second kappa shape index (κ2) is 12.3. The summed E-state index contributed by atoms with van der Waals surface area (Å²) in [6, 6.07) is 14.5. The van der Waals surface area contributed by atoms with Crippen molar-refractivity contribution in [3.8, 4) is 0 Å². The minimum Gasteiger partial charge on any atom is -0.369 e. The van der Waals surface area contributed by atoms with E-state index in [2.05, 4.69) is 20.9 Å². The average molecular weight is 533 g/mol. The fourth-order valence-corrected chi connectivity index (χ4v) is 6.47. The lowest BCUT2D eigenvalue weighted by atomic mass is 9.96. The smallest absolute Gasteiger partial charge is 0.237 e. The van der Waals surface area contributed by atoms with Crippen molar-refractivity contribution in [2.75, 3.05) is 37.6 Å². The Hall–Kier alpha value is -3.30. The first-order valence-corrected chi connectivity index (χ1v) is 14.2. The molecule has 0 saturated carbocycles. The highest BCUT2D eigenvalue weighted by Gasteiger charge is 2.37. The van der Waals surface area contributed by atoms with Gasteiger partial charge in [0.25, 0.3) is 0 Å². The van der Waals surface area contributed by atoms with Crippen LogP contribution in [0, 0.1) is 5.92 Å². The molecule has 2 N–H and O–H groups in total. The Labute approximate surface area is 230 Å². The van der Waals surface area contributed by atoms with E-state index in [0.717, 1.165) is 42.8 Å². The highest BCUT2D eigenvalue weighted by molar-refractivity contribution is 5.92. The lowest BCUT2D eigenvalue weighted by Crippen LogP contribution is -2.48. The molecular weight excluding hydrogens is 492 g/mol. The fourth-order valence-electron chi connectivity index (χ4n) is 6.47. The van der Waals surface area contributed by atoms with Crippen LogP contribution in [0.2, 0.25) is 0 Å². The van der Waals surface area contributed by atoms with E-state index in [-0.39, 0.29) is 29.7 Å². The van der Waals surface area contributed by atoms with Crippen LogP contribution < -0.4 is 10.6 Å². The number of piperidine rings is 1. The van der Waals surface area contributed by atoms with Crippen LogP contribution in [0.1, 0.15) is 50.3 Å². The summed E-state index contributed by atoms with van der Waals surface area (Å²) in [5.41, 5.74) is 8.41. The molecule has 1 aromatic carbocycles. The van der Waals surface area contributed by atoms with Crippen molar-refractivity contribution in [1.29, 1.82) is 0 Å². The first kappa shape index (κ1) is 27.3. The zero-order valence-electron chi connectivity index (χ0n) is 22.9. The molecule has 208 valence electrons. The SMILES string of the molecule is CC(=O)N1CC[C@@H]2CC[C@H](CN(C(=O)CN3CCC(C(N)=O)CC3)Cc3ccccc31)N2Cc1ccccn1. The zero-order chi connectivity index (χ0) is 27.4. The van der Waals surface area contributed by atoms with Crippen molar-refractivity contribution in [3.63, 3.8) is 0 Å². The summed E-state index contributed by atoms with van der Waals surface area (Å²) in [6.45, 7) is 5.79. The summed E-state index contributed by atoms with van der Waals surface area (Å²) in [5.74, 6) is -0.252. The first-order valence-electron chi connectivity index (χ1n) is 14.2. The number of nitrogens with two attached hydrogens (primary N) is 1. The van der Waals surface area contributed by atoms with Gasteiger partial charge in [0.05, 0.1) is 12.2 Å². The molecule has 9 nitrogen and oxygen atoms in total. The van der Waals surface area contributed by atoms with Crippen molar-refractivity contribution in [1.82, 2.24) is 19.7 Å². The molecule has 0 aliphatic carbocycles. The van der Waals surface area contributed by atoms with Gasteiger partial charge in [0, 0.05) is 63.0 Å². The molecule has 0 unspecified atom stereocenters. The maximum atomic E-state index is 13.9. The number of nitrogens with zero attached hydrogens (tertiary/aromatic N) is 5. The predicted molar refractivity (Wildman–Crippen MR) is 149 cm³/mol. The Morgan fingerprint density at radius 3 is 2.38 bits per heavy atom. The van der Waals surface area contributed by atoms with Gasteiger partial charge < -0.3 is 15.5 Å². The maximum Gasteiger partial charge on any atom is 0.237 e. The van der Waals surface area contributed by atoms with Crippen LogP contribution in [0.15, 0.2) is 48.7 Å². The largest absolute Gasteiger partial charge is 0.369 e. The van der Waals surface area contributed by atoms with E-state index in [0.29, 0.717) is 58.2 Å². The molecule has 2 bridgehead atoms. The number of carbonyl (C=O) groups excluding carboxylic acids is 3. The van der Waals surface area contributed by atoms with Crippen LogP contribution in [0.25, 0.3) is 0 Å². The molecule has 5 rings (SSSR count). The van der Waals surface area contributed by atoms with E-state index in [4.69, 9.17) is 5.73 Å². The van der Waals surface area contributed by atoms with E-state index in [1.54, 1.807) is 6.92 Å². The third kappa shape index (κ3) is 6.47. The molecule has 3 aliphatic heterocycles. The third-order valence-corrected chi connectivity index (χ3v) is 8.68. The summed E-state index contributed by atoms with van der Waals surface area (Å²) in [5, 5.41) is 0. The summed E-state index contributed by atoms with van der Waals surface area (Å²) >= 11 is 0. The number of para-hydroxylation sites is 1. The molecule has 2 fully saturated rings. The summed E-state index contributed by atoms with van der Waals surface area (Å²) in [4.78, 5) is 51.4. The molecule has 0 radical (unpaired) electrons. The summed E-state index contributed by atoms with van der Waals surface area (Å²) in [7, 11) is 0. The second-order valence-electron chi connectivity index (χ2n) is 11.2. The number of benzene rings is 1. The Morgan fingerprint density at radius 2 is 1.67 bits per heavy atom. The number of amides is 3. The summed E-state index contributed by atoms with van der Waals surface area (Å²) < 4.78 is 0. The van der Waals surface area contributed by atoms with Crippen LogP contribution >= 0.6 is 0 Å². The van der Waals surface area contributed by atoms with Crippen molar-refractivity contribution in [2.45, 2.75) is 64.2 Å². The molecular formula is C30H40N6O3. The van der Waals surface area contributed by atoms with E-state index < -0.39 is 0 Å². The molecule has 0 spiro atoms. The zero-order valence-corrected chi connectivity index (χ0v) is 22.9. The van der Waals surface area contributed by atoms with Crippen molar-refractivity contribution in [3.05, 3.63) is 59.9 Å². The number of rotatable bonds is 5. The molecule has 4 heterocycles. The van der Waals surface area contributed by atoms with Gasteiger partial charge in [-0.25, -0.2) is 0 Å². The number of likely N-dealkylation sites (tertiary alicyclic amines) is 1. The molecule has 39 heavy (non-hydrogen) atoms. The Kier molecular flexibility index (Phi) is 8.57. The van der Waals surface area contributed by atoms with E-state index in [1.165, 1.54) is 0 Å². The number of hydrogen-bond donors (Lipinski definition) is 1. The predicted octanol–water partition coefficient (Wildman–Crippen LogP) is 2.40. The third-order valence-electron chi connectivity index (χ3n) is 8.68. The van der Waals surface area contributed by atoms with Gasteiger partial charge in [-0.05, 0) is 69.0 Å². The number of hydrogen-bond acceptors (Lipinski definition) is 6. The van der Waals surface area contributed by atoms with Gasteiger partial charge >= 0.3 is 0 Å². The number of aromatic nitrogens is 1. The van der Waals surface area contributed by atoms with Crippen LogP contribution in [-0.2, 0) is 27.5 Å². The normalized spacial score (nSPS) is 23.2. The topological polar surface area (TPSA) is 103 Å². The molecule has 1 aromatic heterocycles. The van der Waals surface area contributed by atoms with Crippen LogP contribution in [-0.4, -0.2) is 82.2 Å². The minimum atomic E-state index is -0.247. The Balaban J connectivity index is 1.42. The molecule has 2 aromatic rings. The fraction of sp³-hybridized carbons (Fsp3) is 0.533. The van der Waals surface area contributed by atoms with Gasteiger partial charge in [-0.2, -0.15) is 0 Å². The van der Waals surface area contributed by atoms with Crippen LogP contribution in [0.3, 0.4) is 0 Å². The summed E-state index contributed by atoms with van der Waals surface area (Å²) in [6.07, 6.45) is 6.14. The lowest BCUT2D eigenvalue weighted by molar-refractivity contribution is -0.134. The maximum absolute atomic E-state index is 13.9. The molecule has 3 amide bonds. The molecule has 3 aliphatic rings. The minimum absolute atomic E-state index is 0.0164. The van der Waals surface area contributed by atoms with Gasteiger partial charge in [-0.15, -0.1) is 0 Å².